The zero-order valence-electron chi connectivity index (χ0n) is 14.6. The Labute approximate surface area is 147 Å². The van der Waals surface area contributed by atoms with Crippen LogP contribution in [-0.4, -0.2) is 72.3 Å². The summed E-state index contributed by atoms with van der Waals surface area (Å²) in [5, 5.41) is 15.6. The highest BCUT2D eigenvalue weighted by Crippen LogP contribution is 2.34. The number of methoxy groups -OCH3 is 1. The molecule has 1 aliphatic carbocycles. The minimum absolute atomic E-state index is 0.0774. The van der Waals surface area contributed by atoms with Crippen LogP contribution in [0, 0.1) is 10.1 Å². The van der Waals surface area contributed by atoms with Crippen LogP contribution >= 0.6 is 0 Å². The molecule has 25 heavy (non-hydrogen) atoms. The molecule has 0 amide bonds. The van der Waals surface area contributed by atoms with E-state index in [9.17, 15) is 10.1 Å². The summed E-state index contributed by atoms with van der Waals surface area (Å²) in [4.78, 5) is 13.3. The number of rotatable bonds is 7. The molecule has 2 aliphatic rings. The number of nitro groups is 1. The highest BCUT2D eigenvalue weighted by Gasteiger charge is 2.30. The van der Waals surface area contributed by atoms with E-state index in [4.69, 9.17) is 14.2 Å². The van der Waals surface area contributed by atoms with Gasteiger partial charge in [-0.1, -0.05) is 0 Å². The van der Waals surface area contributed by atoms with Crippen LogP contribution in [-0.2, 0) is 9.47 Å². The largest absolute Gasteiger partial charge is 0.469 e. The first kappa shape index (κ1) is 18.1. The molecule has 1 aromatic heterocycles. The van der Waals surface area contributed by atoms with Gasteiger partial charge in [0.1, 0.15) is 12.8 Å². The molecule has 0 radical (unpaired) electrons. The molecule has 140 valence electrons. The van der Waals surface area contributed by atoms with E-state index in [1.54, 1.807) is 11.8 Å². The van der Waals surface area contributed by atoms with Gasteiger partial charge in [0.05, 0.1) is 30.8 Å². The molecule has 0 N–H and O–H groups in total. The third-order valence-corrected chi connectivity index (χ3v) is 5.01. The fraction of sp³-hybridized carbons (Fsp3) is 0.812. The lowest BCUT2D eigenvalue weighted by atomic mass is 9.90. The second-order valence-corrected chi connectivity index (χ2v) is 6.51. The van der Waals surface area contributed by atoms with Gasteiger partial charge in [-0.15, -0.1) is 5.10 Å². The van der Waals surface area contributed by atoms with E-state index in [1.165, 1.54) is 6.20 Å². The van der Waals surface area contributed by atoms with Crippen LogP contribution in [0.25, 0.3) is 0 Å². The molecule has 0 atom stereocenters. The molecule has 2 fully saturated rings. The minimum Gasteiger partial charge on any atom is -0.469 e. The lowest BCUT2D eigenvalue weighted by Gasteiger charge is -2.38. The second-order valence-electron chi connectivity index (χ2n) is 6.51. The lowest BCUT2D eigenvalue weighted by Crippen LogP contribution is -2.45. The van der Waals surface area contributed by atoms with Gasteiger partial charge in [-0.25, -0.2) is 0 Å². The summed E-state index contributed by atoms with van der Waals surface area (Å²) in [6.07, 6.45) is 5.61. The van der Waals surface area contributed by atoms with E-state index >= 15 is 0 Å². The molecule has 0 aromatic carbocycles. The van der Waals surface area contributed by atoms with E-state index in [0.717, 1.165) is 52.0 Å². The highest BCUT2D eigenvalue weighted by molar-refractivity contribution is 5.38. The Kier molecular flexibility index (Phi) is 6.22. The Morgan fingerprint density at radius 2 is 1.92 bits per heavy atom. The molecular weight excluding hydrogens is 328 g/mol. The van der Waals surface area contributed by atoms with Crippen molar-refractivity contribution in [1.29, 1.82) is 0 Å². The van der Waals surface area contributed by atoms with E-state index in [0.29, 0.717) is 12.6 Å². The molecule has 0 bridgehead atoms. The number of ether oxygens (including phenoxy) is 3. The topological polar surface area (TPSA) is 91.9 Å². The second kappa shape index (κ2) is 8.59. The van der Waals surface area contributed by atoms with E-state index in [2.05, 4.69) is 10.00 Å². The average Bonchev–Trinajstić information content (AvgIpc) is 3.07. The summed E-state index contributed by atoms with van der Waals surface area (Å²) in [6, 6.07) is 0.777. The predicted molar refractivity (Wildman–Crippen MR) is 89.9 cm³/mol. The van der Waals surface area contributed by atoms with Crippen molar-refractivity contribution in [2.45, 2.75) is 37.8 Å². The van der Waals surface area contributed by atoms with Crippen LogP contribution in [0.5, 0.6) is 5.88 Å². The Bertz CT molecular complexity index is 565. The predicted octanol–water partition coefficient (Wildman–Crippen LogP) is 1.63. The zero-order valence-corrected chi connectivity index (χ0v) is 14.6. The number of nitrogens with zero attached hydrogens (tertiary/aromatic N) is 4. The van der Waals surface area contributed by atoms with Crippen molar-refractivity contribution >= 4 is 5.69 Å². The van der Waals surface area contributed by atoms with Gasteiger partial charge in [0.2, 0.25) is 0 Å². The molecular formula is C16H26N4O5. The van der Waals surface area contributed by atoms with Crippen molar-refractivity contribution in [3.8, 4) is 5.88 Å². The van der Waals surface area contributed by atoms with E-state index in [1.807, 2.05) is 0 Å². The number of hydrogen-bond donors (Lipinski definition) is 0. The summed E-state index contributed by atoms with van der Waals surface area (Å²) in [5.74, 6) is 0.0809. The van der Waals surface area contributed by atoms with Crippen molar-refractivity contribution < 1.29 is 19.1 Å². The van der Waals surface area contributed by atoms with E-state index < -0.39 is 4.92 Å². The Hall–Kier alpha value is -1.71. The minimum atomic E-state index is -0.439. The normalized spacial score (nSPS) is 25.0. The number of aromatic nitrogens is 2. The zero-order chi connectivity index (χ0) is 17.6. The summed E-state index contributed by atoms with van der Waals surface area (Å²) < 4.78 is 17.5. The molecule has 0 unspecified atom stereocenters. The van der Waals surface area contributed by atoms with Crippen LogP contribution in [0.1, 0.15) is 31.7 Å². The molecule has 3 rings (SSSR count). The fourth-order valence-corrected chi connectivity index (χ4v) is 3.63. The third-order valence-electron chi connectivity index (χ3n) is 5.01. The Morgan fingerprint density at radius 3 is 2.56 bits per heavy atom. The van der Waals surface area contributed by atoms with Crippen molar-refractivity contribution in [1.82, 2.24) is 14.7 Å². The van der Waals surface area contributed by atoms with Crippen molar-refractivity contribution in [2.75, 3.05) is 46.6 Å². The van der Waals surface area contributed by atoms with Crippen molar-refractivity contribution in [3.05, 3.63) is 16.3 Å². The van der Waals surface area contributed by atoms with Gasteiger partial charge < -0.3 is 14.2 Å². The van der Waals surface area contributed by atoms with Gasteiger partial charge >= 0.3 is 11.6 Å². The molecule has 9 heteroatoms. The molecule has 1 aromatic rings. The number of morpholine rings is 1. The average molecular weight is 354 g/mol. The van der Waals surface area contributed by atoms with Gasteiger partial charge in [0.15, 0.2) is 0 Å². The van der Waals surface area contributed by atoms with Gasteiger partial charge in [0.25, 0.3) is 0 Å². The van der Waals surface area contributed by atoms with Crippen LogP contribution in [0.15, 0.2) is 6.20 Å². The first-order chi connectivity index (χ1) is 12.2. The monoisotopic (exact) mass is 354 g/mol. The molecule has 1 saturated carbocycles. The first-order valence-electron chi connectivity index (χ1n) is 8.86. The van der Waals surface area contributed by atoms with E-state index in [-0.39, 0.29) is 24.2 Å². The maximum Gasteiger partial charge on any atom is 0.350 e. The smallest absolute Gasteiger partial charge is 0.350 e. The summed E-state index contributed by atoms with van der Waals surface area (Å²) in [6.45, 7) is 4.24. The van der Waals surface area contributed by atoms with Gasteiger partial charge in [-0.05, 0) is 25.7 Å². The van der Waals surface area contributed by atoms with Gasteiger partial charge in [-0.2, -0.15) is 0 Å². The van der Waals surface area contributed by atoms with Crippen LogP contribution in [0.3, 0.4) is 0 Å². The van der Waals surface area contributed by atoms with Crippen LogP contribution in [0.4, 0.5) is 5.69 Å². The number of hydrogen-bond acceptors (Lipinski definition) is 7. The van der Waals surface area contributed by atoms with Gasteiger partial charge in [0, 0.05) is 26.2 Å². The lowest BCUT2D eigenvalue weighted by molar-refractivity contribution is -0.386. The van der Waals surface area contributed by atoms with Crippen molar-refractivity contribution in [2.24, 2.45) is 0 Å². The maximum atomic E-state index is 11.2. The standard InChI is InChI=1S/C16H26N4O5/c1-23-10-11-25-16-15(20(21)22)12-19(17-16)14-4-2-13(3-5-14)18-6-8-24-9-7-18/h12-14H,2-11H2,1H3. The van der Waals surface area contributed by atoms with Crippen LogP contribution in [0.2, 0.25) is 0 Å². The summed E-state index contributed by atoms with van der Waals surface area (Å²) >= 11 is 0. The Balaban J connectivity index is 1.60. The molecule has 2 heterocycles. The molecule has 9 nitrogen and oxygen atoms in total. The SMILES string of the molecule is COCCOc1nn(C2CCC(N3CCOCC3)CC2)cc1[N+](=O)[O-]. The summed E-state index contributed by atoms with van der Waals surface area (Å²) in [5.41, 5.74) is -0.0774. The van der Waals surface area contributed by atoms with Crippen molar-refractivity contribution in [3.63, 3.8) is 0 Å². The highest BCUT2D eigenvalue weighted by atomic mass is 16.6. The van der Waals surface area contributed by atoms with Gasteiger partial charge in [-0.3, -0.25) is 19.7 Å². The van der Waals surface area contributed by atoms with Crippen LogP contribution < -0.4 is 4.74 Å². The molecule has 1 saturated heterocycles. The molecule has 0 spiro atoms. The quantitative estimate of drug-likeness (QED) is 0.417. The first-order valence-corrected chi connectivity index (χ1v) is 8.86. The third kappa shape index (κ3) is 4.47. The Morgan fingerprint density at radius 1 is 1.24 bits per heavy atom. The fourth-order valence-electron chi connectivity index (χ4n) is 3.63. The molecule has 1 aliphatic heterocycles. The maximum absolute atomic E-state index is 11.2. The summed E-state index contributed by atoms with van der Waals surface area (Å²) in [7, 11) is 1.56.